The first kappa shape index (κ1) is 14.2. The monoisotopic (exact) mass is 277 g/mol. The Morgan fingerprint density at radius 1 is 1.40 bits per heavy atom. The molecule has 2 amide bonds. The molecule has 0 atom stereocenters. The summed E-state index contributed by atoms with van der Waals surface area (Å²) in [5.74, 6) is 0.135. The molecule has 0 unspecified atom stereocenters. The third-order valence-corrected chi connectivity index (χ3v) is 3.51. The molecule has 6 nitrogen and oxygen atoms in total. The van der Waals surface area contributed by atoms with E-state index in [-0.39, 0.29) is 11.8 Å². The van der Waals surface area contributed by atoms with Crippen molar-refractivity contribution >= 4 is 17.5 Å². The van der Waals surface area contributed by atoms with Crippen LogP contribution in [-0.2, 0) is 4.79 Å². The van der Waals surface area contributed by atoms with Crippen molar-refractivity contribution in [1.29, 1.82) is 0 Å². The Morgan fingerprint density at radius 3 is 2.75 bits per heavy atom. The highest BCUT2D eigenvalue weighted by atomic mass is 16.5. The molecule has 0 saturated carbocycles. The molecule has 0 bridgehead atoms. The highest BCUT2D eigenvalue weighted by Crippen LogP contribution is 2.24. The summed E-state index contributed by atoms with van der Waals surface area (Å²) in [6.07, 6.45) is 0. The van der Waals surface area contributed by atoms with E-state index in [1.807, 2.05) is 0 Å². The fourth-order valence-corrected chi connectivity index (χ4v) is 2.27. The third-order valence-electron chi connectivity index (χ3n) is 3.51. The van der Waals surface area contributed by atoms with Gasteiger partial charge in [-0.1, -0.05) is 0 Å². The summed E-state index contributed by atoms with van der Waals surface area (Å²) < 4.78 is 5.12. The number of carbonyl (C=O) groups excluding carboxylic acids is 2. The summed E-state index contributed by atoms with van der Waals surface area (Å²) >= 11 is 0. The lowest BCUT2D eigenvalue weighted by atomic mass is 9.97. The molecule has 1 aliphatic rings. The zero-order chi connectivity index (χ0) is 14.9. The van der Waals surface area contributed by atoms with Crippen molar-refractivity contribution < 1.29 is 14.3 Å². The van der Waals surface area contributed by atoms with Gasteiger partial charge < -0.3 is 20.7 Å². The van der Waals surface area contributed by atoms with Crippen LogP contribution in [0.2, 0.25) is 0 Å². The normalized spacial score (nSPS) is 17.6. The van der Waals surface area contributed by atoms with E-state index < -0.39 is 5.54 Å². The van der Waals surface area contributed by atoms with E-state index in [0.29, 0.717) is 30.1 Å². The molecule has 20 heavy (non-hydrogen) atoms. The van der Waals surface area contributed by atoms with Crippen LogP contribution in [0.4, 0.5) is 5.69 Å². The van der Waals surface area contributed by atoms with Gasteiger partial charge in [-0.2, -0.15) is 0 Å². The molecule has 1 saturated heterocycles. The summed E-state index contributed by atoms with van der Waals surface area (Å²) in [6, 6.07) is 4.86. The first-order valence-electron chi connectivity index (χ1n) is 6.41. The van der Waals surface area contributed by atoms with Gasteiger partial charge in [0.1, 0.15) is 11.3 Å². The van der Waals surface area contributed by atoms with Crippen molar-refractivity contribution in [2.45, 2.75) is 19.4 Å². The second kappa shape index (κ2) is 5.03. The molecule has 0 aliphatic carbocycles. The average molecular weight is 277 g/mol. The van der Waals surface area contributed by atoms with Crippen LogP contribution in [0.1, 0.15) is 24.2 Å². The Balaban J connectivity index is 2.35. The Bertz CT molecular complexity index is 555. The fourth-order valence-electron chi connectivity index (χ4n) is 2.27. The molecule has 6 heteroatoms. The van der Waals surface area contributed by atoms with Crippen LogP contribution in [0.3, 0.4) is 0 Å². The summed E-state index contributed by atoms with van der Waals surface area (Å²) in [4.78, 5) is 26.1. The number of anilines is 1. The number of hydrogen-bond acceptors (Lipinski definition) is 4. The predicted molar refractivity (Wildman–Crippen MR) is 75.5 cm³/mol. The highest BCUT2D eigenvalue weighted by Gasteiger charge is 2.40. The van der Waals surface area contributed by atoms with Crippen molar-refractivity contribution in [3.05, 3.63) is 23.8 Å². The quantitative estimate of drug-likeness (QED) is 0.776. The molecule has 1 aliphatic heterocycles. The summed E-state index contributed by atoms with van der Waals surface area (Å²) in [6.45, 7) is 4.37. The van der Waals surface area contributed by atoms with Gasteiger partial charge in [0.05, 0.1) is 7.11 Å². The van der Waals surface area contributed by atoms with E-state index in [1.165, 1.54) is 7.11 Å². The van der Waals surface area contributed by atoms with E-state index in [2.05, 4.69) is 5.32 Å². The molecular weight excluding hydrogens is 258 g/mol. The number of nitrogens with two attached hydrogens (primary N) is 1. The minimum Gasteiger partial charge on any atom is -0.497 e. The summed E-state index contributed by atoms with van der Waals surface area (Å²) in [7, 11) is 1.52. The fraction of sp³-hybridized carbons (Fsp3) is 0.429. The van der Waals surface area contributed by atoms with Gasteiger partial charge in [-0.3, -0.25) is 9.59 Å². The minimum atomic E-state index is -0.882. The van der Waals surface area contributed by atoms with Gasteiger partial charge in [0.15, 0.2) is 0 Å². The van der Waals surface area contributed by atoms with E-state index in [0.717, 1.165) is 0 Å². The van der Waals surface area contributed by atoms with E-state index in [4.69, 9.17) is 10.5 Å². The van der Waals surface area contributed by atoms with Crippen LogP contribution >= 0.6 is 0 Å². The number of benzene rings is 1. The second-order valence-corrected chi connectivity index (χ2v) is 5.27. The molecule has 3 N–H and O–H groups in total. The molecule has 1 heterocycles. The maximum absolute atomic E-state index is 12.6. The molecule has 1 aromatic rings. The SMILES string of the molecule is COc1cc(N)cc(C(=O)N2CCNC(=O)C2(C)C)c1. The third kappa shape index (κ3) is 2.41. The van der Waals surface area contributed by atoms with E-state index in [1.54, 1.807) is 36.9 Å². The zero-order valence-corrected chi connectivity index (χ0v) is 11.9. The smallest absolute Gasteiger partial charge is 0.255 e. The standard InChI is InChI=1S/C14H19N3O3/c1-14(2)13(19)16-4-5-17(14)12(18)9-6-10(15)8-11(7-9)20-3/h6-8H,4-5,15H2,1-3H3,(H,16,19). The van der Waals surface area contributed by atoms with Crippen LogP contribution in [0.25, 0.3) is 0 Å². The van der Waals surface area contributed by atoms with Gasteiger partial charge in [0, 0.05) is 30.4 Å². The van der Waals surface area contributed by atoms with Gasteiger partial charge in [-0.05, 0) is 26.0 Å². The number of hydrogen-bond donors (Lipinski definition) is 2. The number of ether oxygens (including phenoxy) is 1. The van der Waals surface area contributed by atoms with Crippen molar-refractivity contribution in [3.63, 3.8) is 0 Å². The summed E-state index contributed by atoms with van der Waals surface area (Å²) in [5, 5.41) is 2.76. The number of piperazine rings is 1. The van der Waals surface area contributed by atoms with Gasteiger partial charge in [-0.25, -0.2) is 0 Å². The van der Waals surface area contributed by atoms with Crippen molar-refractivity contribution in [3.8, 4) is 5.75 Å². The lowest BCUT2D eigenvalue weighted by molar-refractivity contribution is -0.133. The lowest BCUT2D eigenvalue weighted by Gasteiger charge is -2.41. The number of amides is 2. The van der Waals surface area contributed by atoms with E-state index >= 15 is 0 Å². The zero-order valence-electron chi connectivity index (χ0n) is 11.9. The molecule has 1 aromatic carbocycles. The van der Waals surface area contributed by atoms with Crippen molar-refractivity contribution in [2.75, 3.05) is 25.9 Å². The van der Waals surface area contributed by atoms with Crippen LogP contribution in [-0.4, -0.2) is 42.5 Å². The predicted octanol–water partition coefficient (Wildman–Crippen LogP) is 0.628. The molecule has 108 valence electrons. The van der Waals surface area contributed by atoms with Gasteiger partial charge in [-0.15, -0.1) is 0 Å². The van der Waals surface area contributed by atoms with Crippen LogP contribution in [0.15, 0.2) is 18.2 Å². The van der Waals surface area contributed by atoms with Crippen LogP contribution in [0.5, 0.6) is 5.75 Å². The van der Waals surface area contributed by atoms with Crippen molar-refractivity contribution in [1.82, 2.24) is 10.2 Å². The number of carbonyl (C=O) groups is 2. The molecule has 0 aromatic heterocycles. The second-order valence-electron chi connectivity index (χ2n) is 5.27. The number of methoxy groups -OCH3 is 1. The first-order chi connectivity index (χ1) is 9.36. The molecule has 0 radical (unpaired) electrons. The Labute approximate surface area is 117 Å². The number of nitrogen functional groups attached to an aromatic ring is 1. The topological polar surface area (TPSA) is 84.7 Å². The minimum absolute atomic E-state index is 0.159. The highest BCUT2D eigenvalue weighted by molar-refractivity contribution is 6.00. The summed E-state index contributed by atoms with van der Waals surface area (Å²) in [5.41, 5.74) is 5.76. The van der Waals surface area contributed by atoms with Gasteiger partial charge in [0.25, 0.3) is 5.91 Å². The molecule has 0 spiro atoms. The lowest BCUT2D eigenvalue weighted by Crippen LogP contribution is -2.63. The Kier molecular flexibility index (Phi) is 3.57. The average Bonchev–Trinajstić information content (AvgIpc) is 2.40. The van der Waals surface area contributed by atoms with Gasteiger partial charge in [0.2, 0.25) is 5.91 Å². The van der Waals surface area contributed by atoms with Crippen LogP contribution < -0.4 is 15.8 Å². The first-order valence-corrected chi connectivity index (χ1v) is 6.41. The van der Waals surface area contributed by atoms with Crippen molar-refractivity contribution in [2.24, 2.45) is 0 Å². The number of nitrogens with one attached hydrogen (secondary N) is 1. The molecular formula is C14H19N3O3. The Morgan fingerprint density at radius 2 is 2.10 bits per heavy atom. The number of rotatable bonds is 2. The molecule has 2 rings (SSSR count). The Hall–Kier alpha value is -2.24. The van der Waals surface area contributed by atoms with Crippen LogP contribution in [0, 0.1) is 0 Å². The van der Waals surface area contributed by atoms with Gasteiger partial charge >= 0.3 is 0 Å². The molecule has 1 fully saturated rings. The largest absolute Gasteiger partial charge is 0.497 e. The van der Waals surface area contributed by atoms with E-state index in [9.17, 15) is 9.59 Å². The maximum atomic E-state index is 12.6. The number of nitrogens with zero attached hydrogens (tertiary/aromatic N) is 1. The maximum Gasteiger partial charge on any atom is 0.255 e.